The average Bonchev–Trinajstić information content (AvgIpc) is 3.57. The fourth-order valence-electron chi connectivity index (χ4n) is 7.57. The van der Waals surface area contributed by atoms with Gasteiger partial charge < -0.3 is 4.57 Å². The molecule has 0 bridgehead atoms. The fraction of sp³-hybridized carbons (Fsp3) is 0.0526. The van der Waals surface area contributed by atoms with E-state index in [2.05, 4.69) is 145 Å². The van der Waals surface area contributed by atoms with Gasteiger partial charge in [-0.05, 0) is 81.8 Å². The average molecular weight is 496 g/mol. The summed E-state index contributed by atoms with van der Waals surface area (Å²) >= 11 is 0. The smallest absolute Gasteiger partial charge is 0.0726 e. The second kappa shape index (κ2) is 7.36. The predicted octanol–water partition coefficient (Wildman–Crippen LogP) is 9.44. The van der Waals surface area contributed by atoms with Crippen LogP contribution in [0, 0.1) is 6.92 Å². The predicted molar refractivity (Wildman–Crippen MR) is 162 cm³/mol. The standard InChI is InChI=1S/C38H25N/c1-24-19-20-28-26-13-5-8-16-32(26)38(34(28)21-24)33-17-9-6-14-27(33)30-22-31-29-15-7-10-18-36(29)39(37(31)23-35(30)38)25-11-3-2-4-12-25/h2-23H,1H3. The lowest BCUT2D eigenvalue weighted by molar-refractivity contribution is 0.793. The van der Waals surface area contributed by atoms with Gasteiger partial charge in [-0.3, -0.25) is 0 Å². The lowest BCUT2D eigenvalue weighted by Crippen LogP contribution is -2.26. The van der Waals surface area contributed by atoms with Crippen molar-refractivity contribution < 1.29 is 0 Å². The highest BCUT2D eigenvalue weighted by Gasteiger charge is 2.51. The SMILES string of the molecule is Cc1ccc2c(c1)C1(c3ccccc3-2)c2ccccc2-c2cc3c4ccccc4n(-c4ccccc4)c3cc21. The molecule has 1 unspecified atom stereocenters. The van der Waals surface area contributed by atoms with Crippen LogP contribution in [0.3, 0.4) is 0 Å². The van der Waals surface area contributed by atoms with Gasteiger partial charge in [0, 0.05) is 16.5 Å². The van der Waals surface area contributed by atoms with Crippen molar-refractivity contribution in [2.75, 3.05) is 0 Å². The second-order valence-electron chi connectivity index (χ2n) is 11.0. The molecule has 7 aromatic rings. The normalized spacial score (nSPS) is 16.4. The highest BCUT2D eigenvalue weighted by molar-refractivity contribution is 6.12. The molecule has 9 rings (SSSR count). The molecular weight excluding hydrogens is 470 g/mol. The van der Waals surface area contributed by atoms with Crippen LogP contribution in [0.15, 0.2) is 133 Å². The zero-order valence-electron chi connectivity index (χ0n) is 21.6. The summed E-state index contributed by atoms with van der Waals surface area (Å²) < 4.78 is 2.44. The van der Waals surface area contributed by atoms with Gasteiger partial charge >= 0.3 is 0 Å². The number of benzene rings is 6. The maximum atomic E-state index is 2.51. The van der Waals surface area contributed by atoms with Crippen molar-refractivity contribution in [2.24, 2.45) is 0 Å². The third-order valence-corrected chi connectivity index (χ3v) is 9.05. The molecule has 0 saturated heterocycles. The Balaban J connectivity index is 1.50. The van der Waals surface area contributed by atoms with E-state index in [-0.39, 0.29) is 5.41 Å². The van der Waals surface area contributed by atoms with E-state index < -0.39 is 0 Å². The number of aryl methyl sites for hydroxylation is 1. The van der Waals surface area contributed by atoms with Gasteiger partial charge in [-0.1, -0.05) is 109 Å². The molecule has 0 fully saturated rings. The first-order valence-corrected chi connectivity index (χ1v) is 13.7. The van der Waals surface area contributed by atoms with Crippen molar-refractivity contribution in [2.45, 2.75) is 12.3 Å². The Morgan fingerprint density at radius 3 is 1.85 bits per heavy atom. The molecule has 0 N–H and O–H groups in total. The molecule has 2 aliphatic carbocycles. The Hall–Kier alpha value is -4.88. The molecule has 0 saturated carbocycles. The maximum Gasteiger partial charge on any atom is 0.0726 e. The van der Waals surface area contributed by atoms with Crippen LogP contribution < -0.4 is 0 Å². The maximum absolute atomic E-state index is 2.51. The molecule has 39 heavy (non-hydrogen) atoms. The summed E-state index contributed by atoms with van der Waals surface area (Å²) in [7, 11) is 0. The van der Waals surface area contributed by atoms with Gasteiger partial charge in [0.2, 0.25) is 0 Å². The number of rotatable bonds is 1. The first kappa shape index (κ1) is 21.1. The summed E-state index contributed by atoms with van der Waals surface area (Å²) in [5.74, 6) is 0. The van der Waals surface area contributed by atoms with Crippen molar-refractivity contribution in [3.8, 4) is 27.9 Å². The number of hydrogen-bond acceptors (Lipinski definition) is 0. The van der Waals surface area contributed by atoms with E-state index in [4.69, 9.17) is 0 Å². The Morgan fingerprint density at radius 1 is 0.436 bits per heavy atom. The van der Waals surface area contributed by atoms with Crippen LogP contribution in [0.1, 0.15) is 27.8 Å². The molecule has 1 heteroatoms. The molecule has 1 nitrogen and oxygen atoms in total. The monoisotopic (exact) mass is 495 g/mol. The minimum absolute atomic E-state index is 0.337. The van der Waals surface area contributed by atoms with Gasteiger partial charge in [0.1, 0.15) is 0 Å². The van der Waals surface area contributed by atoms with Crippen LogP contribution in [0.5, 0.6) is 0 Å². The molecule has 0 radical (unpaired) electrons. The quantitative estimate of drug-likeness (QED) is 0.214. The summed E-state index contributed by atoms with van der Waals surface area (Å²) in [6.45, 7) is 2.22. The third-order valence-electron chi connectivity index (χ3n) is 9.05. The Kier molecular flexibility index (Phi) is 3.98. The molecular formula is C38H25N. The van der Waals surface area contributed by atoms with Gasteiger partial charge in [-0.25, -0.2) is 0 Å². The second-order valence-corrected chi connectivity index (χ2v) is 11.0. The largest absolute Gasteiger partial charge is 0.309 e. The van der Waals surface area contributed by atoms with Crippen molar-refractivity contribution in [1.82, 2.24) is 4.57 Å². The van der Waals surface area contributed by atoms with Crippen LogP contribution in [-0.2, 0) is 5.41 Å². The Labute approximate surface area is 227 Å². The van der Waals surface area contributed by atoms with Crippen molar-refractivity contribution in [3.63, 3.8) is 0 Å². The van der Waals surface area contributed by atoms with Crippen LogP contribution >= 0.6 is 0 Å². The summed E-state index contributed by atoms with van der Waals surface area (Å²) in [5, 5.41) is 2.59. The molecule has 1 aromatic heterocycles. The fourth-order valence-corrected chi connectivity index (χ4v) is 7.57. The van der Waals surface area contributed by atoms with Gasteiger partial charge in [-0.15, -0.1) is 0 Å². The number of aromatic nitrogens is 1. The van der Waals surface area contributed by atoms with Gasteiger partial charge in [0.05, 0.1) is 16.4 Å². The molecule has 0 amide bonds. The van der Waals surface area contributed by atoms with Gasteiger partial charge in [0.15, 0.2) is 0 Å². The van der Waals surface area contributed by atoms with E-state index in [1.807, 2.05) is 0 Å². The van der Waals surface area contributed by atoms with Gasteiger partial charge in [0.25, 0.3) is 0 Å². The molecule has 1 spiro atoms. The Morgan fingerprint density at radius 2 is 1.05 bits per heavy atom. The highest BCUT2D eigenvalue weighted by Crippen LogP contribution is 2.63. The number of nitrogens with zero attached hydrogens (tertiary/aromatic N) is 1. The number of fused-ring (bicyclic) bond motifs is 13. The Bertz CT molecular complexity index is 2130. The minimum atomic E-state index is -0.337. The van der Waals surface area contributed by atoms with Crippen molar-refractivity contribution in [3.05, 3.63) is 161 Å². The third kappa shape index (κ3) is 2.51. The topological polar surface area (TPSA) is 4.93 Å². The van der Waals surface area contributed by atoms with Crippen LogP contribution in [0.4, 0.5) is 0 Å². The summed E-state index contributed by atoms with van der Waals surface area (Å²) in [6, 6.07) is 49.7. The van der Waals surface area contributed by atoms with E-state index in [1.165, 1.54) is 77.6 Å². The van der Waals surface area contributed by atoms with E-state index in [0.717, 1.165) is 0 Å². The summed E-state index contributed by atoms with van der Waals surface area (Å²) in [5.41, 5.74) is 15.6. The van der Waals surface area contributed by atoms with E-state index in [0.29, 0.717) is 0 Å². The first-order valence-electron chi connectivity index (χ1n) is 13.7. The molecule has 0 aliphatic heterocycles. The summed E-state index contributed by atoms with van der Waals surface area (Å²) in [4.78, 5) is 0. The minimum Gasteiger partial charge on any atom is -0.309 e. The number of hydrogen-bond donors (Lipinski definition) is 0. The van der Waals surface area contributed by atoms with Crippen molar-refractivity contribution in [1.29, 1.82) is 0 Å². The lowest BCUT2D eigenvalue weighted by atomic mass is 9.70. The van der Waals surface area contributed by atoms with Crippen molar-refractivity contribution >= 4 is 21.8 Å². The van der Waals surface area contributed by atoms with E-state index >= 15 is 0 Å². The van der Waals surface area contributed by atoms with Crippen LogP contribution in [0.2, 0.25) is 0 Å². The molecule has 1 heterocycles. The molecule has 6 aromatic carbocycles. The number of para-hydroxylation sites is 2. The van der Waals surface area contributed by atoms with E-state index in [9.17, 15) is 0 Å². The van der Waals surface area contributed by atoms with Gasteiger partial charge in [-0.2, -0.15) is 0 Å². The lowest BCUT2D eigenvalue weighted by Gasteiger charge is -2.30. The molecule has 182 valence electrons. The first-order chi connectivity index (χ1) is 19.3. The van der Waals surface area contributed by atoms with Crippen LogP contribution in [-0.4, -0.2) is 4.57 Å². The molecule has 1 atom stereocenters. The zero-order chi connectivity index (χ0) is 25.7. The zero-order valence-corrected chi connectivity index (χ0v) is 21.6. The van der Waals surface area contributed by atoms with E-state index in [1.54, 1.807) is 0 Å². The van der Waals surface area contributed by atoms with Crippen LogP contribution in [0.25, 0.3) is 49.7 Å². The summed E-state index contributed by atoms with van der Waals surface area (Å²) in [6.07, 6.45) is 0. The molecule has 2 aliphatic rings. The highest BCUT2D eigenvalue weighted by atomic mass is 15.0.